The molecule has 0 N–H and O–H groups in total. The average Bonchev–Trinajstić information content (AvgIpc) is 2.46. The zero-order valence-corrected chi connectivity index (χ0v) is 6.88. The van der Waals surface area contributed by atoms with Gasteiger partial charge >= 0.3 is 0 Å². The third-order valence-electron chi connectivity index (χ3n) is 1.39. The van der Waals surface area contributed by atoms with Crippen molar-refractivity contribution >= 4 is 17.2 Å². The highest BCUT2D eigenvalue weighted by atomic mass is 32.1. The molecule has 2 aromatic heterocycles. The molecule has 0 aromatic carbocycles. The summed E-state index contributed by atoms with van der Waals surface area (Å²) in [5.41, 5.74) is 0.957. The zero-order chi connectivity index (χ0) is 7.68. The summed E-state index contributed by atoms with van der Waals surface area (Å²) in [5.74, 6) is 0. The molecule has 0 aliphatic carbocycles. The smallest absolute Gasteiger partial charge is 0.222 e. The fourth-order valence-electron chi connectivity index (χ4n) is 0.880. The second kappa shape index (κ2) is 2.47. The highest BCUT2D eigenvalue weighted by Crippen LogP contribution is 1.98. The Bertz CT molecular complexity index is 390. The summed E-state index contributed by atoms with van der Waals surface area (Å²) in [6.07, 6.45) is 1.97. The minimum atomic E-state index is 0.816. The van der Waals surface area contributed by atoms with Gasteiger partial charge in [-0.25, -0.2) is 0 Å². The summed E-state index contributed by atoms with van der Waals surface area (Å²) in [6.45, 7) is 0. The summed E-state index contributed by atoms with van der Waals surface area (Å²) >= 11 is 1.54. The first-order valence-corrected chi connectivity index (χ1v) is 4.05. The topological polar surface area (TPSA) is 29.7 Å². The Morgan fingerprint density at radius 1 is 1.55 bits per heavy atom. The van der Waals surface area contributed by atoms with E-state index in [1.165, 1.54) is 11.5 Å². The van der Waals surface area contributed by atoms with Crippen LogP contribution in [0, 0.1) is 0 Å². The van der Waals surface area contributed by atoms with E-state index in [-0.39, 0.29) is 0 Å². The summed E-state index contributed by atoms with van der Waals surface area (Å²) in [5, 5.41) is 0. The van der Waals surface area contributed by atoms with Crippen LogP contribution in [-0.4, -0.2) is 15.8 Å². The average molecular weight is 165 g/mol. The maximum atomic E-state index is 4.25. The molecule has 0 radical (unpaired) electrons. The number of hydrogen-bond donors (Lipinski definition) is 0. The van der Waals surface area contributed by atoms with Crippen LogP contribution < -0.4 is 4.80 Å². The Kier molecular flexibility index (Phi) is 1.47. The second-order valence-corrected chi connectivity index (χ2v) is 3.04. The minimum Gasteiger partial charge on any atom is -0.260 e. The highest BCUT2D eigenvalue weighted by molar-refractivity contribution is 7.03. The fourth-order valence-corrected chi connectivity index (χ4v) is 1.60. The van der Waals surface area contributed by atoms with Gasteiger partial charge < -0.3 is 0 Å². The molecule has 0 aliphatic heterocycles. The summed E-state index contributed by atoms with van der Waals surface area (Å²) < 4.78 is 1.99. The van der Waals surface area contributed by atoms with Gasteiger partial charge in [-0.05, 0) is 23.7 Å². The Labute approximate surface area is 67.8 Å². The monoisotopic (exact) mass is 165 g/mol. The molecular weight excluding hydrogens is 158 g/mol. The van der Waals surface area contributed by atoms with Gasteiger partial charge in [-0.3, -0.25) is 8.78 Å². The van der Waals surface area contributed by atoms with E-state index in [0.717, 1.165) is 10.4 Å². The molecular formula is C7H7N3S. The quantitative estimate of drug-likeness (QED) is 0.571. The lowest BCUT2D eigenvalue weighted by Crippen LogP contribution is -1.94. The van der Waals surface area contributed by atoms with Gasteiger partial charge in [0.15, 0.2) is 0 Å². The zero-order valence-electron chi connectivity index (χ0n) is 6.06. The van der Waals surface area contributed by atoms with Gasteiger partial charge in [0.05, 0.1) is 0 Å². The van der Waals surface area contributed by atoms with Crippen LogP contribution in [0.5, 0.6) is 0 Å². The number of pyridine rings is 1. The lowest BCUT2D eigenvalue weighted by atomic mass is 10.5. The number of rotatable bonds is 0. The first-order chi connectivity index (χ1) is 5.40. The third-order valence-corrected chi connectivity index (χ3v) is 2.33. The van der Waals surface area contributed by atoms with Crippen LogP contribution in [0.1, 0.15) is 0 Å². The fraction of sp³-hybridized carbons (Fsp3) is 0.143. The van der Waals surface area contributed by atoms with E-state index in [1.807, 2.05) is 28.2 Å². The van der Waals surface area contributed by atoms with Crippen molar-refractivity contribution < 1.29 is 0 Å². The van der Waals surface area contributed by atoms with Crippen LogP contribution in [-0.2, 0) is 0 Å². The molecule has 0 aliphatic rings. The predicted molar refractivity (Wildman–Crippen MR) is 44.6 cm³/mol. The summed E-state index contributed by atoms with van der Waals surface area (Å²) in [4.78, 5) is 9.06. The molecule has 4 heteroatoms. The molecule has 2 rings (SSSR count). The van der Waals surface area contributed by atoms with Gasteiger partial charge in [0, 0.05) is 13.2 Å². The van der Waals surface area contributed by atoms with Crippen molar-refractivity contribution in [2.24, 2.45) is 4.99 Å². The van der Waals surface area contributed by atoms with Gasteiger partial charge in [0.25, 0.3) is 0 Å². The van der Waals surface area contributed by atoms with Crippen molar-refractivity contribution in [1.82, 2.24) is 8.77 Å². The van der Waals surface area contributed by atoms with Crippen LogP contribution >= 0.6 is 11.5 Å². The second-order valence-electron chi connectivity index (χ2n) is 2.09. The number of fused-ring (bicyclic) bond motifs is 1. The lowest BCUT2D eigenvalue weighted by molar-refractivity contribution is 1.19. The molecule has 0 spiro atoms. The van der Waals surface area contributed by atoms with Gasteiger partial charge in [0.2, 0.25) is 4.80 Å². The van der Waals surface area contributed by atoms with E-state index in [9.17, 15) is 0 Å². The number of aromatic nitrogens is 2. The molecule has 0 saturated heterocycles. The van der Waals surface area contributed by atoms with Crippen molar-refractivity contribution in [3.8, 4) is 0 Å². The standard InChI is InChI=1S/C7H7N3S/c1-8-7-9-6-4-2-3-5-10(6)11-7/h2-5H,1H3. The van der Waals surface area contributed by atoms with Crippen molar-refractivity contribution in [2.45, 2.75) is 0 Å². The maximum Gasteiger partial charge on any atom is 0.222 e. The van der Waals surface area contributed by atoms with Crippen molar-refractivity contribution in [2.75, 3.05) is 7.05 Å². The molecule has 0 atom stereocenters. The highest BCUT2D eigenvalue weighted by Gasteiger charge is 1.92. The Balaban J connectivity index is 2.89. The molecule has 0 amide bonds. The first kappa shape index (κ1) is 6.54. The summed E-state index contributed by atoms with van der Waals surface area (Å²) in [7, 11) is 1.75. The minimum absolute atomic E-state index is 0.816. The lowest BCUT2D eigenvalue weighted by Gasteiger charge is -1.84. The van der Waals surface area contributed by atoms with Crippen LogP contribution in [0.25, 0.3) is 5.65 Å². The Hall–Kier alpha value is -1.16. The Morgan fingerprint density at radius 3 is 3.18 bits per heavy atom. The molecule has 3 nitrogen and oxygen atoms in total. The van der Waals surface area contributed by atoms with Crippen molar-refractivity contribution in [3.05, 3.63) is 29.2 Å². The summed E-state index contributed by atoms with van der Waals surface area (Å²) in [6, 6.07) is 5.91. The van der Waals surface area contributed by atoms with Gasteiger partial charge in [-0.15, -0.1) is 0 Å². The molecule has 0 saturated carbocycles. The van der Waals surface area contributed by atoms with Crippen LogP contribution in [0.3, 0.4) is 0 Å². The van der Waals surface area contributed by atoms with E-state index in [4.69, 9.17) is 0 Å². The van der Waals surface area contributed by atoms with Crippen LogP contribution in [0.2, 0.25) is 0 Å². The van der Waals surface area contributed by atoms with E-state index < -0.39 is 0 Å². The van der Waals surface area contributed by atoms with Gasteiger partial charge in [-0.1, -0.05) is 6.07 Å². The third kappa shape index (κ3) is 1.05. The van der Waals surface area contributed by atoms with Gasteiger partial charge in [0.1, 0.15) is 5.65 Å². The largest absolute Gasteiger partial charge is 0.260 e. The number of nitrogens with zero attached hydrogens (tertiary/aromatic N) is 3. The molecule has 56 valence electrons. The normalized spacial score (nSPS) is 12.6. The molecule has 2 heterocycles. The van der Waals surface area contributed by atoms with Crippen LogP contribution in [0.4, 0.5) is 0 Å². The van der Waals surface area contributed by atoms with Crippen molar-refractivity contribution in [1.29, 1.82) is 0 Å². The predicted octanol–water partition coefficient (Wildman–Crippen LogP) is 0.926. The molecule has 0 unspecified atom stereocenters. The number of hydrogen-bond acceptors (Lipinski definition) is 3. The van der Waals surface area contributed by atoms with E-state index in [0.29, 0.717) is 0 Å². The molecule has 0 fully saturated rings. The van der Waals surface area contributed by atoms with E-state index in [1.54, 1.807) is 7.05 Å². The van der Waals surface area contributed by atoms with Crippen LogP contribution in [0.15, 0.2) is 29.4 Å². The molecule has 0 bridgehead atoms. The van der Waals surface area contributed by atoms with E-state index >= 15 is 0 Å². The van der Waals surface area contributed by atoms with Gasteiger partial charge in [-0.2, -0.15) is 4.98 Å². The van der Waals surface area contributed by atoms with Crippen molar-refractivity contribution in [3.63, 3.8) is 0 Å². The molecule has 2 aromatic rings. The Morgan fingerprint density at radius 2 is 2.45 bits per heavy atom. The SMILES string of the molecule is CN=c1nc2ccccn2s1. The van der Waals surface area contributed by atoms with E-state index in [2.05, 4.69) is 9.98 Å². The molecule has 11 heavy (non-hydrogen) atoms. The first-order valence-electron chi connectivity index (χ1n) is 3.28. The maximum absolute atomic E-state index is 4.25.